The van der Waals surface area contributed by atoms with Gasteiger partial charge in [-0.25, -0.2) is 0 Å². The Morgan fingerprint density at radius 1 is 1.41 bits per heavy atom. The number of rotatable bonds is 4. The van der Waals surface area contributed by atoms with Gasteiger partial charge in [-0.15, -0.1) is 0 Å². The van der Waals surface area contributed by atoms with E-state index in [1.807, 2.05) is 62.2 Å². The number of hydrogen-bond donors (Lipinski definition) is 2. The Bertz CT molecular complexity index is 815. The van der Waals surface area contributed by atoms with Gasteiger partial charge in [0, 0.05) is 35.4 Å². The molecule has 0 saturated carbocycles. The van der Waals surface area contributed by atoms with Gasteiger partial charge < -0.3 is 10.3 Å². The van der Waals surface area contributed by atoms with Crippen molar-refractivity contribution in [3.05, 3.63) is 53.5 Å². The highest BCUT2D eigenvalue weighted by Gasteiger charge is 2.15. The molecule has 5 nitrogen and oxygen atoms in total. The Morgan fingerprint density at radius 2 is 2.18 bits per heavy atom. The first-order valence-electron chi connectivity index (χ1n) is 7.39. The Labute approximate surface area is 129 Å². The number of aromatic nitrogens is 3. The largest absolute Gasteiger partial charge is 0.361 e. The van der Waals surface area contributed by atoms with E-state index in [4.69, 9.17) is 0 Å². The molecule has 0 aliphatic carbocycles. The van der Waals surface area contributed by atoms with Gasteiger partial charge in [0.2, 0.25) is 5.91 Å². The second-order valence-electron chi connectivity index (χ2n) is 5.63. The summed E-state index contributed by atoms with van der Waals surface area (Å²) in [5.74, 6) is 0.0144. The SMILES string of the molecule is Cc1c(C(C)NC(=O)Cc2c[nH]c3ccccc23)cnn1C. The summed E-state index contributed by atoms with van der Waals surface area (Å²) < 4.78 is 1.82. The molecular weight excluding hydrogens is 276 g/mol. The second-order valence-corrected chi connectivity index (χ2v) is 5.63. The minimum absolute atomic E-state index is 0.0144. The molecule has 0 radical (unpaired) electrons. The lowest BCUT2D eigenvalue weighted by Gasteiger charge is -2.13. The second kappa shape index (κ2) is 5.67. The van der Waals surface area contributed by atoms with Crippen molar-refractivity contribution >= 4 is 16.8 Å². The van der Waals surface area contributed by atoms with Gasteiger partial charge in [-0.3, -0.25) is 9.48 Å². The third-order valence-corrected chi connectivity index (χ3v) is 4.14. The van der Waals surface area contributed by atoms with Crippen molar-refractivity contribution < 1.29 is 4.79 Å². The fourth-order valence-electron chi connectivity index (χ4n) is 2.76. The number of carbonyl (C=O) groups excluding carboxylic acids is 1. The van der Waals surface area contributed by atoms with E-state index in [-0.39, 0.29) is 11.9 Å². The average molecular weight is 296 g/mol. The average Bonchev–Trinajstić information content (AvgIpc) is 3.04. The molecular formula is C17H20N4O. The van der Waals surface area contributed by atoms with Crippen molar-refractivity contribution in [1.82, 2.24) is 20.1 Å². The number of carbonyl (C=O) groups is 1. The zero-order chi connectivity index (χ0) is 15.7. The molecule has 0 aliphatic rings. The maximum absolute atomic E-state index is 12.3. The van der Waals surface area contributed by atoms with E-state index in [0.717, 1.165) is 27.7 Å². The first kappa shape index (κ1) is 14.4. The summed E-state index contributed by atoms with van der Waals surface area (Å²) in [6.45, 7) is 3.99. The summed E-state index contributed by atoms with van der Waals surface area (Å²) in [5.41, 5.74) is 4.19. The number of aromatic amines is 1. The van der Waals surface area contributed by atoms with Crippen LogP contribution in [0.25, 0.3) is 10.9 Å². The molecule has 0 saturated heterocycles. The lowest BCUT2D eigenvalue weighted by molar-refractivity contribution is -0.121. The fourth-order valence-corrected chi connectivity index (χ4v) is 2.76. The molecule has 5 heteroatoms. The summed E-state index contributed by atoms with van der Waals surface area (Å²) in [5, 5.41) is 8.37. The molecule has 2 heterocycles. The van der Waals surface area contributed by atoms with Gasteiger partial charge in [-0.2, -0.15) is 5.10 Å². The van der Waals surface area contributed by atoms with Gasteiger partial charge in [0.15, 0.2) is 0 Å². The van der Waals surface area contributed by atoms with Crippen LogP contribution in [0.5, 0.6) is 0 Å². The molecule has 1 amide bonds. The van der Waals surface area contributed by atoms with E-state index >= 15 is 0 Å². The van der Waals surface area contributed by atoms with Crippen LogP contribution in [0.1, 0.15) is 29.8 Å². The molecule has 0 spiro atoms. The summed E-state index contributed by atoms with van der Waals surface area (Å²) in [6, 6.07) is 7.96. The monoisotopic (exact) mass is 296 g/mol. The van der Waals surface area contributed by atoms with Crippen LogP contribution in [0.3, 0.4) is 0 Å². The standard InChI is InChI=1S/C17H20N4O/c1-11(15-10-19-21(3)12(15)2)20-17(22)8-13-9-18-16-7-5-4-6-14(13)16/h4-7,9-11,18H,8H2,1-3H3,(H,20,22). The molecule has 3 rings (SSSR count). The van der Waals surface area contributed by atoms with E-state index in [1.54, 1.807) is 0 Å². The van der Waals surface area contributed by atoms with Crippen LogP contribution >= 0.6 is 0 Å². The molecule has 3 aromatic rings. The van der Waals surface area contributed by atoms with E-state index in [1.165, 1.54) is 0 Å². The third-order valence-electron chi connectivity index (χ3n) is 4.14. The molecule has 114 valence electrons. The maximum Gasteiger partial charge on any atom is 0.224 e. The predicted molar refractivity (Wildman–Crippen MR) is 86.5 cm³/mol. The molecule has 2 N–H and O–H groups in total. The Hall–Kier alpha value is -2.56. The van der Waals surface area contributed by atoms with Crippen molar-refractivity contribution in [2.24, 2.45) is 7.05 Å². The highest BCUT2D eigenvalue weighted by molar-refractivity contribution is 5.88. The Balaban J connectivity index is 1.71. The van der Waals surface area contributed by atoms with E-state index in [0.29, 0.717) is 6.42 Å². The van der Waals surface area contributed by atoms with Crippen LogP contribution in [0.4, 0.5) is 0 Å². The lowest BCUT2D eigenvalue weighted by atomic mass is 10.1. The smallest absolute Gasteiger partial charge is 0.224 e. The van der Waals surface area contributed by atoms with Gasteiger partial charge in [0.1, 0.15) is 0 Å². The Morgan fingerprint density at radius 3 is 2.91 bits per heavy atom. The molecule has 1 unspecified atom stereocenters. The number of amides is 1. The number of benzene rings is 1. The summed E-state index contributed by atoms with van der Waals surface area (Å²) >= 11 is 0. The van der Waals surface area contributed by atoms with E-state index in [2.05, 4.69) is 15.4 Å². The Kier molecular flexibility index (Phi) is 3.71. The van der Waals surface area contributed by atoms with Crippen molar-refractivity contribution in [2.45, 2.75) is 26.3 Å². The van der Waals surface area contributed by atoms with Crippen LogP contribution < -0.4 is 5.32 Å². The van der Waals surface area contributed by atoms with Crippen molar-refractivity contribution in [1.29, 1.82) is 0 Å². The molecule has 0 aliphatic heterocycles. The van der Waals surface area contributed by atoms with Crippen LogP contribution in [-0.4, -0.2) is 20.7 Å². The van der Waals surface area contributed by atoms with Gasteiger partial charge in [0.25, 0.3) is 0 Å². The van der Waals surface area contributed by atoms with Crippen LogP contribution in [0.2, 0.25) is 0 Å². The molecule has 0 bridgehead atoms. The van der Waals surface area contributed by atoms with E-state index in [9.17, 15) is 4.79 Å². The molecule has 2 aromatic heterocycles. The predicted octanol–water partition coefficient (Wildman–Crippen LogP) is 2.63. The first-order chi connectivity index (χ1) is 10.6. The van der Waals surface area contributed by atoms with Crippen molar-refractivity contribution in [2.75, 3.05) is 0 Å². The van der Waals surface area contributed by atoms with Gasteiger partial charge in [0.05, 0.1) is 18.7 Å². The minimum atomic E-state index is -0.0496. The molecule has 22 heavy (non-hydrogen) atoms. The minimum Gasteiger partial charge on any atom is -0.361 e. The number of nitrogens with zero attached hydrogens (tertiary/aromatic N) is 2. The number of hydrogen-bond acceptors (Lipinski definition) is 2. The molecule has 0 fully saturated rings. The maximum atomic E-state index is 12.3. The highest BCUT2D eigenvalue weighted by atomic mass is 16.1. The summed E-state index contributed by atoms with van der Waals surface area (Å²) in [6.07, 6.45) is 4.09. The zero-order valence-corrected chi connectivity index (χ0v) is 13.1. The van der Waals surface area contributed by atoms with Crippen molar-refractivity contribution in [3.63, 3.8) is 0 Å². The van der Waals surface area contributed by atoms with Gasteiger partial charge in [-0.1, -0.05) is 18.2 Å². The zero-order valence-electron chi connectivity index (χ0n) is 13.1. The van der Waals surface area contributed by atoms with Crippen LogP contribution in [0, 0.1) is 6.92 Å². The molecule has 1 aromatic carbocycles. The topological polar surface area (TPSA) is 62.7 Å². The third kappa shape index (κ3) is 2.62. The number of aryl methyl sites for hydroxylation is 1. The number of nitrogens with one attached hydrogen (secondary N) is 2. The van der Waals surface area contributed by atoms with E-state index < -0.39 is 0 Å². The van der Waals surface area contributed by atoms with Gasteiger partial charge >= 0.3 is 0 Å². The lowest BCUT2D eigenvalue weighted by Crippen LogP contribution is -2.28. The van der Waals surface area contributed by atoms with Crippen molar-refractivity contribution in [3.8, 4) is 0 Å². The number of H-pyrrole nitrogens is 1. The van der Waals surface area contributed by atoms with Crippen LogP contribution in [0.15, 0.2) is 36.7 Å². The highest BCUT2D eigenvalue weighted by Crippen LogP contribution is 2.19. The number of para-hydroxylation sites is 1. The summed E-state index contributed by atoms with van der Waals surface area (Å²) in [7, 11) is 1.90. The molecule has 1 atom stereocenters. The number of fused-ring (bicyclic) bond motifs is 1. The fraction of sp³-hybridized carbons (Fsp3) is 0.294. The quantitative estimate of drug-likeness (QED) is 0.777. The van der Waals surface area contributed by atoms with Gasteiger partial charge in [-0.05, 0) is 25.5 Å². The first-order valence-corrected chi connectivity index (χ1v) is 7.39. The normalized spacial score (nSPS) is 12.5. The summed E-state index contributed by atoms with van der Waals surface area (Å²) in [4.78, 5) is 15.5. The van der Waals surface area contributed by atoms with Crippen LogP contribution in [-0.2, 0) is 18.3 Å².